The summed E-state index contributed by atoms with van der Waals surface area (Å²) in [5, 5.41) is 3.63. The summed E-state index contributed by atoms with van der Waals surface area (Å²) in [6, 6.07) is 0.849. The second kappa shape index (κ2) is 6.42. The lowest BCUT2D eigenvalue weighted by molar-refractivity contribution is 0.397. The Balaban J connectivity index is 2.06. The van der Waals surface area contributed by atoms with E-state index in [2.05, 4.69) is 19.2 Å². The number of hydrogen-bond acceptors (Lipinski definition) is 1. The minimum Gasteiger partial charge on any atom is -0.314 e. The first-order valence-corrected chi connectivity index (χ1v) is 6.11. The van der Waals surface area contributed by atoms with Gasteiger partial charge in [0.15, 0.2) is 0 Å². The van der Waals surface area contributed by atoms with Crippen LogP contribution in [0.25, 0.3) is 0 Å². The van der Waals surface area contributed by atoms with Gasteiger partial charge in [-0.1, -0.05) is 46.0 Å². The highest BCUT2D eigenvalue weighted by atomic mass is 14.9. The molecule has 0 aromatic carbocycles. The molecule has 2 unspecified atom stereocenters. The van der Waals surface area contributed by atoms with Gasteiger partial charge in [0.2, 0.25) is 0 Å². The van der Waals surface area contributed by atoms with Crippen LogP contribution in [0.2, 0.25) is 0 Å². The van der Waals surface area contributed by atoms with Crippen LogP contribution in [0.15, 0.2) is 0 Å². The molecule has 0 spiro atoms. The highest BCUT2D eigenvalue weighted by Gasteiger charge is 2.23. The molecule has 1 fully saturated rings. The maximum absolute atomic E-state index is 3.63. The van der Waals surface area contributed by atoms with Gasteiger partial charge >= 0.3 is 0 Å². The lowest BCUT2D eigenvalue weighted by Gasteiger charge is -2.17. The van der Waals surface area contributed by atoms with Crippen LogP contribution in [0, 0.1) is 5.92 Å². The summed E-state index contributed by atoms with van der Waals surface area (Å²) in [5.74, 6) is 0.974. The molecule has 0 radical (unpaired) electrons. The second-order valence-corrected chi connectivity index (χ2v) is 4.37. The molecule has 1 nitrogen and oxygen atoms in total. The topological polar surface area (TPSA) is 12.0 Å². The van der Waals surface area contributed by atoms with Gasteiger partial charge in [0.25, 0.3) is 0 Å². The summed E-state index contributed by atoms with van der Waals surface area (Å²) in [6.07, 6.45) is 9.84. The zero-order valence-electron chi connectivity index (χ0n) is 9.31. The highest BCUT2D eigenvalue weighted by molar-refractivity contribution is 4.82. The van der Waals surface area contributed by atoms with E-state index in [1.807, 2.05) is 0 Å². The Morgan fingerprint density at radius 2 is 2.00 bits per heavy atom. The van der Waals surface area contributed by atoms with Gasteiger partial charge in [-0.3, -0.25) is 0 Å². The molecule has 0 aromatic rings. The van der Waals surface area contributed by atoms with Crippen molar-refractivity contribution in [3.63, 3.8) is 0 Å². The smallest absolute Gasteiger partial charge is 0.00956 e. The molecule has 78 valence electrons. The molecule has 1 aliphatic rings. The summed E-state index contributed by atoms with van der Waals surface area (Å²) in [7, 11) is 0. The van der Waals surface area contributed by atoms with E-state index in [1.165, 1.54) is 51.5 Å². The highest BCUT2D eigenvalue weighted by Crippen LogP contribution is 2.23. The molecule has 2 atom stereocenters. The molecular formula is C12H25N. The van der Waals surface area contributed by atoms with Gasteiger partial charge in [-0.2, -0.15) is 0 Å². The number of rotatable bonds is 6. The van der Waals surface area contributed by atoms with Gasteiger partial charge in [-0.15, -0.1) is 0 Å². The monoisotopic (exact) mass is 183 g/mol. The predicted molar refractivity (Wildman–Crippen MR) is 58.9 cm³/mol. The average Bonchev–Trinajstić information content (AvgIpc) is 2.60. The van der Waals surface area contributed by atoms with Crippen molar-refractivity contribution in [3.8, 4) is 0 Å². The van der Waals surface area contributed by atoms with E-state index in [-0.39, 0.29) is 0 Å². The fourth-order valence-corrected chi connectivity index (χ4v) is 2.44. The number of unbranched alkanes of at least 4 members (excludes halogenated alkanes) is 3. The van der Waals surface area contributed by atoms with Crippen LogP contribution in [-0.4, -0.2) is 12.6 Å². The van der Waals surface area contributed by atoms with Gasteiger partial charge in [-0.25, -0.2) is 0 Å². The molecule has 1 aliphatic heterocycles. The quantitative estimate of drug-likeness (QED) is 0.623. The van der Waals surface area contributed by atoms with Crippen LogP contribution in [0.5, 0.6) is 0 Å². The molecule has 0 aliphatic carbocycles. The van der Waals surface area contributed by atoms with Crippen LogP contribution in [0.3, 0.4) is 0 Å². The zero-order chi connectivity index (χ0) is 9.52. The van der Waals surface area contributed by atoms with E-state index >= 15 is 0 Å². The Kier molecular flexibility index (Phi) is 5.45. The SMILES string of the molecule is CCCCCCC1NCCC1CC. The lowest BCUT2D eigenvalue weighted by Crippen LogP contribution is -2.26. The first-order valence-electron chi connectivity index (χ1n) is 6.11. The van der Waals surface area contributed by atoms with E-state index in [4.69, 9.17) is 0 Å². The van der Waals surface area contributed by atoms with Crippen molar-refractivity contribution in [2.24, 2.45) is 5.92 Å². The molecule has 1 N–H and O–H groups in total. The summed E-state index contributed by atoms with van der Waals surface area (Å²) >= 11 is 0. The van der Waals surface area contributed by atoms with Gasteiger partial charge in [0, 0.05) is 6.04 Å². The third-order valence-electron chi connectivity index (χ3n) is 3.38. The van der Waals surface area contributed by atoms with Gasteiger partial charge in [0.1, 0.15) is 0 Å². The summed E-state index contributed by atoms with van der Waals surface area (Å²) in [4.78, 5) is 0. The van der Waals surface area contributed by atoms with E-state index in [1.54, 1.807) is 0 Å². The third kappa shape index (κ3) is 3.68. The van der Waals surface area contributed by atoms with Crippen LogP contribution in [-0.2, 0) is 0 Å². The first-order chi connectivity index (χ1) is 6.38. The second-order valence-electron chi connectivity index (χ2n) is 4.37. The van der Waals surface area contributed by atoms with Crippen molar-refractivity contribution in [1.29, 1.82) is 0 Å². The molecule has 1 heteroatoms. The van der Waals surface area contributed by atoms with Crippen molar-refractivity contribution < 1.29 is 0 Å². The molecular weight excluding hydrogens is 158 g/mol. The molecule has 0 aromatic heterocycles. The largest absolute Gasteiger partial charge is 0.314 e. The molecule has 1 heterocycles. The number of hydrogen-bond donors (Lipinski definition) is 1. The van der Waals surface area contributed by atoms with Crippen LogP contribution < -0.4 is 5.32 Å². The maximum atomic E-state index is 3.63. The maximum Gasteiger partial charge on any atom is 0.00956 e. The van der Waals surface area contributed by atoms with Crippen molar-refractivity contribution in [2.75, 3.05) is 6.54 Å². The molecule has 1 saturated heterocycles. The lowest BCUT2D eigenvalue weighted by atomic mass is 9.93. The Bertz CT molecular complexity index is 122. The molecule has 13 heavy (non-hydrogen) atoms. The average molecular weight is 183 g/mol. The third-order valence-corrected chi connectivity index (χ3v) is 3.38. The van der Waals surface area contributed by atoms with E-state index in [0.29, 0.717) is 0 Å². The Labute approximate surface area is 83.3 Å². The summed E-state index contributed by atoms with van der Waals surface area (Å²) in [6.45, 7) is 5.87. The van der Waals surface area contributed by atoms with Crippen molar-refractivity contribution >= 4 is 0 Å². The molecule has 0 bridgehead atoms. The van der Waals surface area contributed by atoms with E-state index in [0.717, 1.165) is 12.0 Å². The molecule has 0 amide bonds. The van der Waals surface area contributed by atoms with Gasteiger partial charge in [0.05, 0.1) is 0 Å². The van der Waals surface area contributed by atoms with Crippen molar-refractivity contribution in [1.82, 2.24) is 5.32 Å². The normalized spacial score (nSPS) is 28.2. The van der Waals surface area contributed by atoms with Crippen LogP contribution in [0.1, 0.15) is 58.8 Å². The predicted octanol–water partition coefficient (Wildman–Crippen LogP) is 3.34. The van der Waals surface area contributed by atoms with Crippen molar-refractivity contribution in [2.45, 2.75) is 64.8 Å². The minimum atomic E-state index is 0.849. The van der Waals surface area contributed by atoms with Crippen LogP contribution in [0.4, 0.5) is 0 Å². The molecule has 1 rings (SSSR count). The van der Waals surface area contributed by atoms with E-state index in [9.17, 15) is 0 Å². The standard InChI is InChI=1S/C12H25N/c1-3-5-6-7-8-12-11(4-2)9-10-13-12/h11-13H,3-10H2,1-2H3. The fraction of sp³-hybridized carbons (Fsp3) is 1.00. The Morgan fingerprint density at radius 3 is 2.69 bits per heavy atom. The Morgan fingerprint density at radius 1 is 1.15 bits per heavy atom. The molecule has 0 saturated carbocycles. The van der Waals surface area contributed by atoms with Crippen LogP contribution >= 0.6 is 0 Å². The van der Waals surface area contributed by atoms with Gasteiger partial charge < -0.3 is 5.32 Å². The Hall–Kier alpha value is -0.0400. The number of nitrogens with one attached hydrogen (secondary N) is 1. The van der Waals surface area contributed by atoms with Crippen molar-refractivity contribution in [3.05, 3.63) is 0 Å². The zero-order valence-corrected chi connectivity index (χ0v) is 9.31. The first kappa shape index (κ1) is 11.0. The fourth-order valence-electron chi connectivity index (χ4n) is 2.44. The van der Waals surface area contributed by atoms with E-state index < -0.39 is 0 Å². The minimum absolute atomic E-state index is 0.849. The summed E-state index contributed by atoms with van der Waals surface area (Å²) < 4.78 is 0. The van der Waals surface area contributed by atoms with Gasteiger partial charge in [-0.05, 0) is 25.3 Å². The summed E-state index contributed by atoms with van der Waals surface area (Å²) in [5.41, 5.74) is 0.